The number of benzene rings is 2. The number of hydrogen-bond acceptors (Lipinski definition) is 7. The zero-order chi connectivity index (χ0) is 22.5. The van der Waals surface area contributed by atoms with Crippen molar-refractivity contribution < 1.29 is 4.74 Å². The van der Waals surface area contributed by atoms with Crippen LogP contribution >= 0.6 is 0 Å². The SMILES string of the molecule is C#Cc1cc2cnc(Nc3cccc(-c4cncnc4)c3)nc2cc1OCc1cccnc1. The molecular formula is C26H18N6O. The number of hydrogen-bond donors (Lipinski definition) is 1. The molecule has 0 saturated carbocycles. The number of terminal acetylenes is 1. The largest absolute Gasteiger partial charge is 0.487 e. The lowest BCUT2D eigenvalue weighted by atomic mass is 10.1. The topological polar surface area (TPSA) is 85.7 Å². The second kappa shape index (κ2) is 9.12. The lowest BCUT2D eigenvalue weighted by molar-refractivity contribution is 0.305. The Kier molecular flexibility index (Phi) is 5.55. The van der Waals surface area contributed by atoms with Crippen molar-refractivity contribution in [1.29, 1.82) is 0 Å². The fraction of sp³-hybridized carbons (Fsp3) is 0.0385. The zero-order valence-electron chi connectivity index (χ0n) is 17.5. The van der Waals surface area contributed by atoms with E-state index in [4.69, 9.17) is 11.2 Å². The van der Waals surface area contributed by atoms with E-state index in [-0.39, 0.29) is 0 Å². The van der Waals surface area contributed by atoms with Gasteiger partial charge in [-0.3, -0.25) is 4.98 Å². The normalized spacial score (nSPS) is 10.5. The molecule has 0 aliphatic heterocycles. The summed E-state index contributed by atoms with van der Waals surface area (Å²) in [5.41, 5.74) is 5.09. The summed E-state index contributed by atoms with van der Waals surface area (Å²) in [5, 5.41) is 4.09. The Morgan fingerprint density at radius 2 is 1.82 bits per heavy atom. The van der Waals surface area contributed by atoms with Gasteiger partial charge in [0.05, 0.1) is 11.1 Å². The van der Waals surface area contributed by atoms with E-state index in [0.717, 1.165) is 33.3 Å². The van der Waals surface area contributed by atoms with Gasteiger partial charge in [-0.15, -0.1) is 6.42 Å². The molecule has 5 aromatic rings. The summed E-state index contributed by atoms with van der Waals surface area (Å²) in [6.45, 7) is 0.361. The molecule has 0 spiro atoms. The third-order valence-electron chi connectivity index (χ3n) is 4.97. The van der Waals surface area contributed by atoms with E-state index in [9.17, 15) is 0 Å². The van der Waals surface area contributed by atoms with Gasteiger partial charge in [-0.1, -0.05) is 24.1 Å². The predicted molar refractivity (Wildman–Crippen MR) is 127 cm³/mol. The first kappa shape index (κ1) is 20.1. The van der Waals surface area contributed by atoms with Gasteiger partial charge in [-0.25, -0.2) is 19.9 Å². The maximum absolute atomic E-state index is 5.97. The summed E-state index contributed by atoms with van der Waals surface area (Å²) in [6.07, 6.45) is 16.0. The Bertz CT molecular complexity index is 1450. The summed E-state index contributed by atoms with van der Waals surface area (Å²) < 4.78 is 5.97. The Labute approximate surface area is 190 Å². The Hall–Kier alpha value is -4.83. The molecule has 0 aliphatic carbocycles. The summed E-state index contributed by atoms with van der Waals surface area (Å²) in [7, 11) is 0. The molecule has 0 fully saturated rings. The zero-order valence-corrected chi connectivity index (χ0v) is 17.5. The molecule has 7 nitrogen and oxygen atoms in total. The van der Waals surface area contributed by atoms with Gasteiger partial charge in [0, 0.05) is 59.3 Å². The first-order valence-corrected chi connectivity index (χ1v) is 10.2. The highest BCUT2D eigenvalue weighted by atomic mass is 16.5. The van der Waals surface area contributed by atoms with Gasteiger partial charge in [0.15, 0.2) is 0 Å². The highest BCUT2D eigenvalue weighted by Gasteiger charge is 2.09. The molecule has 158 valence electrons. The van der Waals surface area contributed by atoms with E-state index < -0.39 is 0 Å². The van der Waals surface area contributed by atoms with Crippen molar-refractivity contribution in [2.24, 2.45) is 0 Å². The molecule has 2 aromatic carbocycles. The molecule has 3 heterocycles. The second-order valence-corrected chi connectivity index (χ2v) is 7.23. The monoisotopic (exact) mass is 430 g/mol. The van der Waals surface area contributed by atoms with Crippen molar-refractivity contribution in [2.75, 3.05) is 5.32 Å². The van der Waals surface area contributed by atoms with Crippen LogP contribution in [0.1, 0.15) is 11.1 Å². The fourth-order valence-electron chi connectivity index (χ4n) is 3.35. The number of nitrogens with one attached hydrogen (secondary N) is 1. The summed E-state index contributed by atoms with van der Waals surface area (Å²) in [6, 6.07) is 15.4. The minimum absolute atomic E-state index is 0.361. The number of rotatable bonds is 6. The molecule has 33 heavy (non-hydrogen) atoms. The quantitative estimate of drug-likeness (QED) is 0.388. The van der Waals surface area contributed by atoms with Crippen LogP contribution in [0.25, 0.3) is 22.0 Å². The van der Waals surface area contributed by atoms with Gasteiger partial charge in [0.1, 0.15) is 18.7 Å². The lowest BCUT2D eigenvalue weighted by Gasteiger charge is -2.11. The molecule has 0 amide bonds. The average molecular weight is 430 g/mol. The van der Waals surface area contributed by atoms with E-state index in [1.807, 2.05) is 48.5 Å². The number of fused-ring (bicyclic) bond motifs is 1. The number of anilines is 2. The Balaban J connectivity index is 1.41. The van der Waals surface area contributed by atoms with Crippen LogP contribution in [0.3, 0.4) is 0 Å². The maximum Gasteiger partial charge on any atom is 0.227 e. The fourth-order valence-corrected chi connectivity index (χ4v) is 3.35. The van der Waals surface area contributed by atoms with Gasteiger partial charge in [-0.05, 0) is 29.8 Å². The molecular weight excluding hydrogens is 412 g/mol. The average Bonchev–Trinajstić information content (AvgIpc) is 2.88. The number of pyridine rings is 1. The van der Waals surface area contributed by atoms with E-state index in [1.165, 1.54) is 6.33 Å². The van der Waals surface area contributed by atoms with Crippen LogP contribution in [0.4, 0.5) is 11.6 Å². The van der Waals surface area contributed by atoms with Crippen molar-refractivity contribution in [3.63, 3.8) is 0 Å². The lowest BCUT2D eigenvalue weighted by Crippen LogP contribution is -2.00. The van der Waals surface area contributed by atoms with Crippen LogP contribution in [0.15, 0.2) is 85.8 Å². The first-order chi connectivity index (χ1) is 16.3. The van der Waals surface area contributed by atoms with Crippen molar-refractivity contribution in [3.05, 3.63) is 97.0 Å². The molecule has 3 aromatic heterocycles. The molecule has 0 atom stereocenters. The van der Waals surface area contributed by atoms with Gasteiger partial charge in [0.25, 0.3) is 0 Å². The summed E-state index contributed by atoms with van der Waals surface area (Å²) in [4.78, 5) is 21.4. The first-order valence-electron chi connectivity index (χ1n) is 10.2. The molecule has 5 rings (SSSR count). The molecule has 0 aliphatic rings. The minimum atomic E-state index is 0.361. The van der Waals surface area contributed by atoms with Crippen LogP contribution in [-0.4, -0.2) is 24.9 Å². The molecule has 0 saturated heterocycles. The highest BCUT2D eigenvalue weighted by molar-refractivity contribution is 5.83. The maximum atomic E-state index is 5.97. The van der Waals surface area contributed by atoms with Gasteiger partial charge in [0.2, 0.25) is 5.95 Å². The standard InChI is InChI=1S/C26H18N6O/c1-2-19-9-21-15-30-26(31-23-7-3-6-20(10-23)22-13-28-17-29-14-22)32-24(21)11-25(19)33-16-18-5-4-8-27-12-18/h1,3-15,17H,16H2,(H,30,31,32). The van der Waals surface area contributed by atoms with Crippen LogP contribution in [0.2, 0.25) is 0 Å². The van der Waals surface area contributed by atoms with Crippen molar-refractivity contribution in [1.82, 2.24) is 24.9 Å². The highest BCUT2D eigenvalue weighted by Crippen LogP contribution is 2.27. The van der Waals surface area contributed by atoms with Gasteiger partial charge in [-0.2, -0.15) is 0 Å². The number of nitrogens with zero attached hydrogens (tertiary/aromatic N) is 5. The number of aromatic nitrogens is 5. The van der Waals surface area contributed by atoms with Crippen LogP contribution in [-0.2, 0) is 6.61 Å². The Morgan fingerprint density at radius 1 is 0.909 bits per heavy atom. The van der Waals surface area contributed by atoms with E-state index in [0.29, 0.717) is 23.9 Å². The van der Waals surface area contributed by atoms with Crippen LogP contribution in [0.5, 0.6) is 5.75 Å². The second-order valence-electron chi connectivity index (χ2n) is 7.23. The number of ether oxygens (including phenoxy) is 1. The van der Waals surface area contributed by atoms with Gasteiger partial charge >= 0.3 is 0 Å². The summed E-state index contributed by atoms with van der Waals surface area (Å²) >= 11 is 0. The molecule has 0 bridgehead atoms. The van der Waals surface area contributed by atoms with E-state index >= 15 is 0 Å². The van der Waals surface area contributed by atoms with Crippen LogP contribution in [0, 0.1) is 12.3 Å². The van der Waals surface area contributed by atoms with Gasteiger partial charge < -0.3 is 10.1 Å². The summed E-state index contributed by atoms with van der Waals surface area (Å²) in [5.74, 6) is 3.73. The Morgan fingerprint density at radius 3 is 2.64 bits per heavy atom. The van der Waals surface area contributed by atoms with Crippen molar-refractivity contribution in [2.45, 2.75) is 6.61 Å². The molecule has 1 N–H and O–H groups in total. The minimum Gasteiger partial charge on any atom is -0.487 e. The predicted octanol–water partition coefficient (Wildman–Crippen LogP) is 4.79. The third-order valence-corrected chi connectivity index (χ3v) is 4.97. The molecule has 0 unspecified atom stereocenters. The van der Waals surface area contributed by atoms with Crippen molar-refractivity contribution >= 4 is 22.5 Å². The third kappa shape index (κ3) is 4.60. The molecule has 0 radical (unpaired) electrons. The molecule has 7 heteroatoms. The van der Waals surface area contributed by atoms with Crippen LogP contribution < -0.4 is 10.1 Å². The van der Waals surface area contributed by atoms with E-state index in [1.54, 1.807) is 31.0 Å². The smallest absolute Gasteiger partial charge is 0.227 e. The van der Waals surface area contributed by atoms with Crippen molar-refractivity contribution in [3.8, 4) is 29.2 Å². The van der Waals surface area contributed by atoms with E-state index in [2.05, 4.69) is 36.2 Å².